The van der Waals surface area contributed by atoms with Crippen molar-refractivity contribution in [2.24, 2.45) is 0 Å². The maximum absolute atomic E-state index is 12.2. The molecule has 2 aromatic carbocycles. The summed E-state index contributed by atoms with van der Waals surface area (Å²) < 4.78 is 24.7. The molecule has 1 amide bonds. The molecule has 0 spiro atoms. The number of benzene rings is 2. The lowest BCUT2D eigenvalue weighted by Gasteiger charge is -2.09. The molecule has 0 heterocycles. The SMILES string of the molecule is CS(=O)(=O)Nc1ccc(C(=O)NCCSCc2ccc(Cl)c(Cl)c2)c(Cl)c1. The lowest BCUT2D eigenvalue weighted by molar-refractivity contribution is 0.0956. The number of amides is 1. The summed E-state index contributed by atoms with van der Waals surface area (Å²) in [6, 6.07) is 9.85. The number of sulfonamides is 1. The van der Waals surface area contributed by atoms with Crippen LogP contribution in [0.25, 0.3) is 0 Å². The van der Waals surface area contributed by atoms with Gasteiger partial charge in [0.25, 0.3) is 5.91 Å². The second-order valence-electron chi connectivity index (χ2n) is 5.63. The van der Waals surface area contributed by atoms with Crippen LogP contribution in [0.5, 0.6) is 0 Å². The molecule has 0 aromatic heterocycles. The third-order valence-electron chi connectivity index (χ3n) is 3.30. The molecule has 0 aliphatic heterocycles. The van der Waals surface area contributed by atoms with Crippen molar-refractivity contribution in [3.63, 3.8) is 0 Å². The Labute approximate surface area is 177 Å². The summed E-state index contributed by atoms with van der Waals surface area (Å²) in [6.07, 6.45) is 1.04. The van der Waals surface area contributed by atoms with Crippen molar-refractivity contribution in [3.8, 4) is 0 Å². The van der Waals surface area contributed by atoms with Crippen molar-refractivity contribution in [1.82, 2.24) is 5.32 Å². The van der Waals surface area contributed by atoms with Crippen LogP contribution >= 0.6 is 46.6 Å². The van der Waals surface area contributed by atoms with Crippen LogP contribution in [-0.4, -0.2) is 32.9 Å². The van der Waals surface area contributed by atoms with Crippen LogP contribution in [0.2, 0.25) is 15.1 Å². The molecule has 5 nitrogen and oxygen atoms in total. The van der Waals surface area contributed by atoms with Gasteiger partial charge in [-0.15, -0.1) is 0 Å². The minimum absolute atomic E-state index is 0.171. The lowest BCUT2D eigenvalue weighted by Crippen LogP contribution is -2.26. The molecule has 0 bridgehead atoms. The van der Waals surface area contributed by atoms with Crippen LogP contribution in [0, 0.1) is 0 Å². The van der Waals surface area contributed by atoms with E-state index in [9.17, 15) is 13.2 Å². The maximum Gasteiger partial charge on any atom is 0.252 e. The summed E-state index contributed by atoms with van der Waals surface area (Å²) in [4.78, 5) is 12.2. The quantitative estimate of drug-likeness (QED) is 0.553. The zero-order valence-corrected chi connectivity index (χ0v) is 18.2. The molecule has 0 saturated heterocycles. The highest BCUT2D eigenvalue weighted by atomic mass is 35.5. The van der Waals surface area contributed by atoms with E-state index in [4.69, 9.17) is 34.8 Å². The van der Waals surface area contributed by atoms with E-state index < -0.39 is 10.0 Å². The van der Waals surface area contributed by atoms with E-state index in [0.29, 0.717) is 28.0 Å². The van der Waals surface area contributed by atoms with Gasteiger partial charge in [0.15, 0.2) is 0 Å². The summed E-state index contributed by atoms with van der Waals surface area (Å²) in [6.45, 7) is 0.463. The van der Waals surface area contributed by atoms with E-state index in [2.05, 4.69) is 10.0 Å². The van der Waals surface area contributed by atoms with Crippen LogP contribution < -0.4 is 10.0 Å². The Kier molecular flexibility index (Phi) is 8.12. The standard InChI is InChI=1S/C17H17Cl3N2O3S2/c1-27(24,25)22-12-3-4-13(15(19)9-12)17(23)21-6-7-26-10-11-2-5-14(18)16(20)8-11/h2-5,8-9,22H,6-7,10H2,1H3,(H,21,23). The van der Waals surface area contributed by atoms with E-state index in [1.165, 1.54) is 18.2 Å². The molecular weight excluding hydrogens is 451 g/mol. The summed E-state index contributed by atoms with van der Waals surface area (Å²) in [7, 11) is -3.40. The van der Waals surface area contributed by atoms with Gasteiger partial charge in [-0.05, 0) is 35.9 Å². The number of nitrogens with one attached hydrogen (secondary N) is 2. The van der Waals surface area contributed by atoms with Crippen LogP contribution in [0.3, 0.4) is 0 Å². The normalized spacial score (nSPS) is 11.3. The zero-order valence-electron chi connectivity index (χ0n) is 14.3. The van der Waals surface area contributed by atoms with Crippen molar-refractivity contribution in [1.29, 1.82) is 0 Å². The molecule has 0 aliphatic rings. The molecule has 0 aliphatic carbocycles. The first-order valence-electron chi connectivity index (χ1n) is 7.73. The number of rotatable bonds is 8. The highest BCUT2D eigenvalue weighted by Crippen LogP contribution is 2.25. The highest BCUT2D eigenvalue weighted by Gasteiger charge is 2.12. The Morgan fingerprint density at radius 1 is 1.04 bits per heavy atom. The van der Waals surface area contributed by atoms with Crippen molar-refractivity contribution in [2.75, 3.05) is 23.3 Å². The van der Waals surface area contributed by atoms with Gasteiger partial charge in [-0.2, -0.15) is 11.8 Å². The van der Waals surface area contributed by atoms with Crippen LogP contribution in [-0.2, 0) is 15.8 Å². The largest absolute Gasteiger partial charge is 0.351 e. The third-order valence-corrected chi connectivity index (χ3v) is 5.99. The number of thioether (sulfide) groups is 1. The molecule has 0 unspecified atom stereocenters. The average Bonchev–Trinajstić information content (AvgIpc) is 2.56. The van der Waals surface area contributed by atoms with Gasteiger partial charge < -0.3 is 5.32 Å². The van der Waals surface area contributed by atoms with Crippen molar-refractivity contribution < 1.29 is 13.2 Å². The maximum atomic E-state index is 12.2. The summed E-state index contributed by atoms with van der Waals surface area (Å²) in [5, 5.41) is 4.00. The van der Waals surface area contributed by atoms with Crippen molar-refractivity contribution in [2.45, 2.75) is 5.75 Å². The highest BCUT2D eigenvalue weighted by molar-refractivity contribution is 7.98. The van der Waals surface area contributed by atoms with E-state index in [1.54, 1.807) is 17.8 Å². The minimum Gasteiger partial charge on any atom is -0.351 e. The topological polar surface area (TPSA) is 75.3 Å². The fraction of sp³-hybridized carbons (Fsp3) is 0.235. The van der Waals surface area contributed by atoms with Gasteiger partial charge in [-0.1, -0.05) is 40.9 Å². The first-order valence-corrected chi connectivity index (χ1v) is 11.9. The van der Waals surface area contributed by atoms with Gasteiger partial charge in [-0.3, -0.25) is 9.52 Å². The molecule has 2 rings (SSSR count). The molecule has 0 fully saturated rings. The Hall–Kier alpha value is -1.12. The molecule has 27 heavy (non-hydrogen) atoms. The third kappa shape index (κ3) is 7.43. The summed E-state index contributed by atoms with van der Waals surface area (Å²) in [5.74, 6) is 1.14. The number of anilines is 1. The Morgan fingerprint density at radius 2 is 1.78 bits per heavy atom. The molecule has 0 radical (unpaired) electrons. The van der Waals surface area contributed by atoms with Gasteiger partial charge in [0, 0.05) is 23.7 Å². The lowest BCUT2D eigenvalue weighted by atomic mass is 10.2. The number of hydrogen-bond acceptors (Lipinski definition) is 4. The van der Waals surface area contributed by atoms with Crippen molar-refractivity contribution in [3.05, 3.63) is 62.6 Å². The van der Waals surface area contributed by atoms with Gasteiger partial charge in [0.05, 0.1) is 26.9 Å². The minimum atomic E-state index is -3.40. The number of halogens is 3. The van der Waals surface area contributed by atoms with Gasteiger partial charge >= 0.3 is 0 Å². The van der Waals surface area contributed by atoms with Crippen LogP contribution in [0.15, 0.2) is 36.4 Å². The number of hydrogen-bond donors (Lipinski definition) is 2. The molecular formula is C17H17Cl3N2O3S2. The average molecular weight is 468 g/mol. The first-order chi connectivity index (χ1) is 12.7. The van der Waals surface area contributed by atoms with Crippen LogP contribution in [0.1, 0.15) is 15.9 Å². The predicted octanol–water partition coefficient (Wildman–Crippen LogP) is 4.68. The smallest absolute Gasteiger partial charge is 0.252 e. The fourth-order valence-electron chi connectivity index (χ4n) is 2.13. The monoisotopic (exact) mass is 466 g/mol. The van der Waals surface area contributed by atoms with Crippen molar-refractivity contribution >= 4 is 68.2 Å². The van der Waals surface area contributed by atoms with Gasteiger partial charge in [0.2, 0.25) is 10.0 Å². The van der Waals surface area contributed by atoms with E-state index in [1.807, 2.05) is 12.1 Å². The Morgan fingerprint density at radius 3 is 2.41 bits per heavy atom. The molecule has 2 aromatic rings. The fourth-order valence-corrected chi connectivity index (χ4v) is 4.08. The van der Waals surface area contributed by atoms with E-state index in [0.717, 1.165) is 17.6 Å². The predicted molar refractivity (Wildman–Crippen MR) is 115 cm³/mol. The number of carbonyl (C=O) groups is 1. The molecule has 10 heteroatoms. The first kappa shape index (κ1) is 22.2. The molecule has 0 saturated carbocycles. The summed E-state index contributed by atoms with van der Waals surface area (Å²) in [5.41, 5.74) is 1.64. The van der Waals surface area contributed by atoms with Gasteiger partial charge in [-0.25, -0.2) is 8.42 Å². The Balaban J connectivity index is 1.80. The Bertz CT molecular complexity index is 937. The molecule has 2 N–H and O–H groups in total. The number of carbonyl (C=O) groups excluding carboxylic acids is 1. The van der Waals surface area contributed by atoms with E-state index >= 15 is 0 Å². The van der Waals surface area contributed by atoms with Crippen LogP contribution in [0.4, 0.5) is 5.69 Å². The zero-order chi connectivity index (χ0) is 20.0. The summed E-state index contributed by atoms with van der Waals surface area (Å²) >= 11 is 19.6. The second kappa shape index (κ2) is 9.89. The van der Waals surface area contributed by atoms with Gasteiger partial charge in [0.1, 0.15) is 0 Å². The molecule has 146 valence electrons. The second-order valence-corrected chi connectivity index (χ2v) is 9.70. The van der Waals surface area contributed by atoms with E-state index in [-0.39, 0.29) is 16.5 Å². The molecule has 0 atom stereocenters.